The van der Waals surface area contributed by atoms with Gasteiger partial charge in [-0.25, -0.2) is 0 Å². The van der Waals surface area contributed by atoms with Crippen LogP contribution >= 0.6 is 0 Å². The second kappa shape index (κ2) is 6.24. The van der Waals surface area contributed by atoms with Crippen LogP contribution in [0.2, 0.25) is 0 Å². The molecular weight excluding hydrogens is 194 g/mol. The number of carbonyl (C=O) groups excluding carboxylic acids is 1. The number of hydrogen-bond acceptors (Lipinski definition) is 3. The predicted octanol–water partition coefficient (Wildman–Crippen LogP) is 1.36. The molecule has 4 nitrogen and oxygen atoms in total. The van der Waals surface area contributed by atoms with Crippen LogP contribution in [0.25, 0.3) is 0 Å². The monoisotopic (exact) mass is 211 g/mol. The van der Waals surface area contributed by atoms with E-state index in [1.54, 1.807) is 6.26 Å². The molecule has 1 rings (SSSR count). The Balaban J connectivity index is 2.18. The lowest BCUT2D eigenvalue weighted by atomic mass is 10.1. The SMILES string of the molecule is COCC(=O)NC(C)CCc1ccco1. The van der Waals surface area contributed by atoms with Gasteiger partial charge in [0.2, 0.25) is 5.91 Å². The summed E-state index contributed by atoms with van der Waals surface area (Å²) in [5, 5.41) is 2.84. The number of aryl methyl sites for hydroxylation is 1. The van der Waals surface area contributed by atoms with Crippen molar-refractivity contribution in [2.75, 3.05) is 13.7 Å². The second-order valence-corrected chi connectivity index (χ2v) is 3.52. The fourth-order valence-corrected chi connectivity index (χ4v) is 1.33. The number of carbonyl (C=O) groups is 1. The summed E-state index contributed by atoms with van der Waals surface area (Å²) in [7, 11) is 1.51. The third-order valence-electron chi connectivity index (χ3n) is 2.09. The van der Waals surface area contributed by atoms with Crippen molar-refractivity contribution in [2.45, 2.75) is 25.8 Å². The van der Waals surface area contributed by atoms with Crippen molar-refractivity contribution in [1.82, 2.24) is 5.32 Å². The molecule has 0 saturated carbocycles. The normalized spacial score (nSPS) is 12.4. The molecule has 0 spiro atoms. The first-order chi connectivity index (χ1) is 7.22. The van der Waals surface area contributed by atoms with Gasteiger partial charge in [-0.15, -0.1) is 0 Å². The van der Waals surface area contributed by atoms with Crippen LogP contribution in [0.15, 0.2) is 22.8 Å². The minimum absolute atomic E-state index is 0.0792. The van der Waals surface area contributed by atoms with E-state index in [0.717, 1.165) is 18.6 Å². The smallest absolute Gasteiger partial charge is 0.246 e. The van der Waals surface area contributed by atoms with Crippen LogP contribution in [0.3, 0.4) is 0 Å². The molecule has 0 aliphatic rings. The van der Waals surface area contributed by atoms with Crippen molar-refractivity contribution in [2.24, 2.45) is 0 Å². The highest BCUT2D eigenvalue weighted by molar-refractivity contribution is 5.77. The van der Waals surface area contributed by atoms with Gasteiger partial charge >= 0.3 is 0 Å². The van der Waals surface area contributed by atoms with Crippen LogP contribution in [0.1, 0.15) is 19.1 Å². The topological polar surface area (TPSA) is 51.5 Å². The van der Waals surface area contributed by atoms with E-state index in [1.807, 2.05) is 19.1 Å². The summed E-state index contributed by atoms with van der Waals surface area (Å²) < 4.78 is 9.92. The Labute approximate surface area is 89.6 Å². The Bertz CT molecular complexity index is 282. The molecule has 0 radical (unpaired) electrons. The van der Waals surface area contributed by atoms with E-state index in [0.29, 0.717) is 0 Å². The lowest BCUT2D eigenvalue weighted by Gasteiger charge is -2.12. The Hall–Kier alpha value is -1.29. The van der Waals surface area contributed by atoms with Crippen molar-refractivity contribution < 1.29 is 13.9 Å². The molecule has 15 heavy (non-hydrogen) atoms. The molecule has 0 aliphatic heterocycles. The number of rotatable bonds is 6. The van der Waals surface area contributed by atoms with Crippen molar-refractivity contribution in [3.63, 3.8) is 0 Å². The van der Waals surface area contributed by atoms with Crippen LogP contribution in [0.5, 0.6) is 0 Å². The molecule has 4 heteroatoms. The van der Waals surface area contributed by atoms with Gasteiger partial charge in [-0.2, -0.15) is 0 Å². The van der Waals surface area contributed by atoms with Gasteiger partial charge in [0.05, 0.1) is 6.26 Å². The molecule has 0 bridgehead atoms. The van der Waals surface area contributed by atoms with Gasteiger partial charge < -0.3 is 14.5 Å². The first-order valence-electron chi connectivity index (χ1n) is 5.03. The first-order valence-corrected chi connectivity index (χ1v) is 5.03. The molecule has 84 valence electrons. The molecule has 1 N–H and O–H groups in total. The third kappa shape index (κ3) is 4.65. The van der Waals surface area contributed by atoms with Crippen LogP contribution in [-0.4, -0.2) is 25.7 Å². The van der Waals surface area contributed by atoms with E-state index < -0.39 is 0 Å². The van der Waals surface area contributed by atoms with E-state index in [9.17, 15) is 4.79 Å². The zero-order chi connectivity index (χ0) is 11.1. The zero-order valence-electron chi connectivity index (χ0n) is 9.16. The molecular formula is C11H17NO3. The zero-order valence-corrected chi connectivity index (χ0v) is 9.16. The molecule has 1 unspecified atom stereocenters. The molecule has 1 atom stereocenters. The predicted molar refractivity (Wildman–Crippen MR) is 56.5 cm³/mol. The van der Waals surface area contributed by atoms with E-state index in [2.05, 4.69) is 5.32 Å². The molecule has 0 aromatic carbocycles. The van der Waals surface area contributed by atoms with Crippen LogP contribution in [0.4, 0.5) is 0 Å². The Morgan fingerprint density at radius 2 is 2.47 bits per heavy atom. The van der Waals surface area contributed by atoms with Gasteiger partial charge in [0.15, 0.2) is 0 Å². The van der Waals surface area contributed by atoms with Gasteiger partial charge in [-0.3, -0.25) is 4.79 Å². The quantitative estimate of drug-likeness (QED) is 0.773. The number of methoxy groups -OCH3 is 1. The fourth-order valence-electron chi connectivity index (χ4n) is 1.33. The van der Waals surface area contributed by atoms with Gasteiger partial charge in [0.1, 0.15) is 12.4 Å². The largest absolute Gasteiger partial charge is 0.469 e. The minimum Gasteiger partial charge on any atom is -0.469 e. The van der Waals surface area contributed by atoms with Gasteiger partial charge in [0, 0.05) is 19.6 Å². The van der Waals surface area contributed by atoms with Crippen LogP contribution in [-0.2, 0) is 16.0 Å². The van der Waals surface area contributed by atoms with Gasteiger partial charge in [0.25, 0.3) is 0 Å². The first kappa shape index (κ1) is 11.8. The Kier molecular flexibility index (Phi) is 4.90. The summed E-state index contributed by atoms with van der Waals surface area (Å²) in [6.07, 6.45) is 3.36. The lowest BCUT2D eigenvalue weighted by Crippen LogP contribution is -2.35. The standard InChI is InChI=1S/C11H17NO3/c1-9(12-11(13)8-14-2)5-6-10-4-3-7-15-10/h3-4,7,9H,5-6,8H2,1-2H3,(H,12,13). The minimum atomic E-state index is -0.0792. The maximum atomic E-state index is 11.2. The average molecular weight is 211 g/mol. The maximum absolute atomic E-state index is 11.2. The number of hydrogen-bond donors (Lipinski definition) is 1. The summed E-state index contributed by atoms with van der Waals surface area (Å²) in [4.78, 5) is 11.2. The molecule has 1 amide bonds. The number of ether oxygens (including phenoxy) is 1. The van der Waals surface area contributed by atoms with E-state index >= 15 is 0 Å². The lowest BCUT2D eigenvalue weighted by molar-refractivity contribution is -0.125. The fraction of sp³-hybridized carbons (Fsp3) is 0.545. The number of nitrogens with one attached hydrogen (secondary N) is 1. The molecule has 0 saturated heterocycles. The van der Waals surface area contributed by atoms with Gasteiger partial charge in [-0.05, 0) is 25.5 Å². The highest BCUT2D eigenvalue weighted by Gasteiger charge is 2.07. The molecule has 1 heterocycles. The summed E-state index contributed by atoms with van der Waals surface area (Å²) >= 11 is 0. The van der Waals surface area contributed by atoms with Gasteiger partial charge in [-0.1, -0.05) is 0 Å². The molecule has 0 fully saturated rings. The van der Waals surface area contributed by atoms with E-state index in [4.69, 9.17) is 9.15 Å². The van der Waals surface area contributed by atoms with E-state index in [1.165, 1.54) is 7.11 Å². The number of furan rings is 1. The summed E-state index contributed by atoms with van der Waals surface area (Å²) in [5.74, 6) is 0.868. The van der Waals surface area contributed by atoms with Crippen molar-refractivity contribution >= 4 is 5.91 Å². The Morgan fingerprint density at radius 1 is 1.67 bits per heavy atom. The van der Waals surface area contributed by atoms with Crippen LogP contribution < -0.4 is 5.32 Å². The number of amides is 1. The highest BCUT2D eigenvalue weighted by Crippen LogP contribution is 2.05. The summed E-state index contributed by atoms with van der Waals surface area (Å²) in [6, 6.07) is 3.94. The van der Waals surface area contributed by atoms with Crippen molar-refractivity contribution in [1.29, 1.82) is 0 Å². The molecule has 1 aromatic rings. The second-order valence-electron chi connectivity index (χ2n) is 3.52. The molecule has 1 aromatic heterocycles. The van der Waals surface area contributed by atoms with Crippen LogP contribution in [0, 0.1) is 0 Å². The summed E-state index contributed by atoms with van der Waals surface area (Å²) in [6.45, 7) is 2.08. The average Bonchev–Trinajstić information content (AvgIpc) is 2.67. The Morgan fingerprint density at radius 3 is 3.07 bits per heavy atom. The van der Waals surface area contributed by atoms with E-state index in [-0.39, 0.29) is 18.6 Å². The van der Waals surface area contributed by atoms with Crippen molar-refractivity contribution in [3.8, 4) is 0 Å². The summed E-state index contributed by atoms with van der Waals surface area (Å²) in [5.41, 5.74) is 0. The highest BCUT2D eigenvalue weighted by atomic mass is 16.5. The molecule has 0 aliphatic carbocycles. The third-order valence-corrected chi connectivity index (χ3v) is 2.09. The van der Waals surface area contributed by atoms with Crippen molar-refractivity contribution in [3.05, 3.63) is 24.2 Å². The maximum Gasteiger partial charge on any atom is 0.246 e.